The van der Waals surface area contributed by atoms with E-state index >= 15 is 0 Å². The Morgan fingerprint density at radius 1 is 1.00 bits per heavy atom. The third-order valence-electron chi connectivity index (χ3n) is 5.76. The summed E-state index contributed by atoms with van der Waals surface area (Å²) in [6.07, 6.45) is 1.19. The average molecular weight is 521 g/mol. The Kier molecular flexibility index (Phi) is 8.27. The van der Waals surface area contributed by atoms with Crippen molar-refractivity contribution >= 4 is 27.3 Å². The van der Waals surface area contributed by atoms with Crippen molar-refractivity contribution in [3.8, 4) is 0 Å². The van der Waals surface area contributed by atoms with Crippen LogP contribution in [0.4, 0.5) is 8.78 Å². The fourth-order valence-corrected chi connectivity index (χ4v) is 6.04. The number of rotatable bonds is 10. The number of hydrogen-bond donors (Lipinski definition) is 0. The van der Waals surface area contributed by atoms with Crippen LogP contribution in [-0.4, -0.2) is 49.3 Å². The number of amides is 1. The summed E-state index contributed by atoms with van der Waals surface area (Å²) in [7, 11) is -4.08. The average Bonchev–Trinajstić information content (AvgIpc) is 3.54. The van der Waals surface area contributed by atoms with Crippen molar-refractivity contribution in [1.29, 1.82) is 0 Å². The van der Waals surface area contributed by atoms with E-state index in [0.29, 0.717) is 13.0 Å². The second-order valence-electron chi connectivity index (χ2n) is 8.34. The van der Waals surface area contributed by atoms with Gasteiger partial charge in [-0.2, -0.15) is 4.31 Å². The molecule has 1 amide bonds. The lowest BCUT2D eigenvalue weighted by atomic mass is 10.2. The molecule has 1 aliphatic rings. The molecule has 1 atom stereocenters. The SMILES string of the molecule is O=C(CN(CC1CCCO1)S(=O)(=O)c1ccc(F)cc1)N(Cc1ccc(F)cc1)Cc1cccs1. The molecule has 0 spiro atoms. The summed E-state index contributed by atoms with van der Waals surface area (Å²) in [5.74, 6) is -1.32. The molecule has 0 bridgehead atoms. The molecule has 0 N–H and O–H groups in total. The summed E-state index contributed by atoms with van der Waals surface area (Å²) < 4.78 is 60.4. The topological polar surface area (TPSA) is 66.9 Å². The van der Waals surface area contributed by atoms with E-state index in [1.165, 1.54) is 35.6 Å². The molecule has 4 rings (SSSR count). The van der Waals surface area contributed by atoms with Crippen molar-refractivity contribution in [2.75, 3.05) is 19.7 Å². The zero-order valence-electron chi connectivity index (χ0n) is 19.0. The predicted octanol–water partition coefficient (Wildman–Crippen LogP) is 4.43. The summed E-state index contributed by atoms with van der Waals surface area (Å²) >= 11 is 1.49. The highest BCUT2D eigenvalue weighted by Gasteiger charge is 2.32. The fourth-order valence-electron chi connectivity index (χ4n) is 3.90. The number of carbonyl (C=O) groups is 1. The molecule has 1 saturated heterocycles. The number of nitrogens with zero attached hydrogens (tertiary/aromatic N) is 2. The molecule has 0 saturated carbocycles. The summed E-state index contributed by atoms with van der Waals surface area (Å²) in [6.45, 7) is 0.652. The predicted molar refractivity (Wildman–Crippen MR) is 129 cm³/mol. The molecule has 2 aromatic carbocycles. The van der Waals surface area contributed by atoms with Gasteiger partial charge >= 0.3 is 0 Å². The number of carbonyl (C=O) groups excluding carboxylic acids is 1. The molecule has 1 fully saturated rings. The summed E-state index contributed by atoms with van der Waals surface area (Å²) in [4.78, 5) is 15.9. The number of benzene rings is 2. The number of sulfonamides is 1. The Balaban J connectivity index is 1.59. The first-order chi connectivity index (χ1) is 16.8. The highest BCUT2D eigenvalue weighted by molar-refractivity contribution is 7.89. The van der Waals surface area contributed by atoms with Crippen molar-refractivity contribution in [3.05, 3.63) is 88.1 Å². The molecular formula is C25H26F2N2O4S2. The van der Waals surface area contributed by atoms with E-state index in [9.17, 15) is 22.0 Å². The van der Waals surface area contributed by atoms with Crippen molar-refractivity contribution in [1.82, 2.24) is 9.21 Å². The molecule has 35 heavy (non-hydrogen) atoms. The zero-order chi connectivity index (χ0) is 24.8. The minimum atomic E-state index is -4.08. The van der Waals surface area contributed by atoms with Gasteiger partial charge in [-0.1, -0.05) is 18.2 Å². The fraction of sp³-hybridized carbons (Fsp3) is 0.320. The summed E-state index contributed by atoms with van der Waals surface area (Å²) in [5, 5.41) is 1.90. The molecule has 1 aromatic heterocycles. The van der Waals surface area contributed by atoms with Crippen LogP contribution in [0.5, 0.6) is 0 Å². The summed E-state index contributed by atoms with van der Waals surface area (Å²) in [6, 6.07) is 14.2. The number of halogens is 2. The van der Waals surface area contributed by atoms with Crippen molar-refractivity contribution < 1.29 is 26.7 Å². The smallest absolute Gasteiger partial charge is 0.243 e. The lowest BCUT2D eigenvalue weighted by Crippen LogP contribution is -2.45. The molecule has 1 unspecified atom stereocenters. The second-order valence-corrected chi connectivity index (χ2v) is 11.3. The van der Waals surface area contributed by atoms with Gasteiger partial charge in [0.15, 0.2) is 0 Å². The van der Waals surface area contributed by atoms with E-state index in [0.717, 1.165) is 33.3 Å². The van der Waals surface area contributed by atoms with Crippen LogP contribution in [0.15, 0.2) is 70.9 Å². The van der Waals surface area contributed by atoms with Gasteiger partial charge in [-0.3, -0.25) is 4.79 Å². The van der Waals surface area contributed by atoms with Crippen LogP contribution in [0.3, 0.4) is 0 Å². The number of ether oxygens (including phenoxy) is 1. The van der Waals surface area contributed by atoms with E-state index in [-0.39, 0.29) is 36.5 Å². The summed E-state index contributed by atoms with van der Waals surface area (Å²) in [5.41, 5.74) is 0.725. The molecule has 2 heterocycles. The van der Waals surface area contributed by atoms with E-state index in [1.54, 1.807) is 17.0 Å². The van der Waals surface area contributed by atoms with E-state index in [1.807, 2.05) is 17.5 Å². The minimum absolute atomic E-state index is 0.0227. The van der Waals surface area contributed by atoms with Crippen molar-refractivity contribution in [2.45, 2.75) is 36.9 Å². The maximum atomic E-state index is 13.5. The standard InChI is InChI=1S/C25H26F2N2O4S2/c26-20-7-5-19(6-8-20)15-28(17-23-4-2-14-34-23)25(30)18-29(16-22-3-1-13-33-22)35(31,32)24-11-9-21(27)10-12-24/h2,4-12,14,22H,1,3,13,15-18H2. The first-order valence-electron chi connectivity index (χ1n) is 11.2. The first kappa shape index (κ1) is 25.4. The van der Waals surface area contributed by atoms with Crippen LogP contribution >= 0.6 is 11.3 Å². The van der Waals surface area contributed by atoms with Crippen LogP contribution in [-0.2, 0) is 32.6 Å². The highest BCUT2D eigenvalue weighted by atomic mass is 32.2. The van der Waals surface area contributed by atoms with Gasteiger partial charge in [-0.05, 0) is 66.2 Å². The molecule has 186 valence electrons. The van der Waals surface area contributed by atoms with Crippen LogP contribution < -0.4 is 0 Å². The van der Waals surface area contributed by atoms with Crippen LogP contribution in [0, 0.1) is 11.6 Å². The maximum Gasteiger partial charge on any atom is 0.243 e. The Labute approximate surface area is 207 Å². The van der Waals surface area contributed by atoms with E-state index in [2.05, 4.69) is 0 Å². The van der Waals surface area contributed by atoms with Gasteiger partial charge in [0, 0.05) is 24.6 Å². The lowest BCUT2D eigenvalue weighted by Gasteiger charge is -2.28. The molecule has 10 heteroatoms. The van der Waals surface area contributed by atoms with Gasteiger partial charge < -0.3 is 9.64 Å². The van der Waals surface area contributed by atoms with Gasteiger partial charge in [0.25, 0.3) is 0 Å². The van der Waals surface area contributed by atoms with E-state index in [4.69, 9.17) is 4.74 Å². The van der Waals surface area contributed by atoms with Crippen molar-refractivity contribution in [3.63, 3.8) is 0 Å². The largest absolute Gasteiger partial charge is 0.377 e. The zero-order valence-corrected chi connectivity index (χ0v) is 20.6. The van der Waals surface area contributed by atoms with Crippen LogP contribution in [0.2, 0.25) is 0 Å². The Hall–Kier alpha value is -2.66. The second kappa shape index (κ2) is 11.4. The Bertz CT molecular complexity index is 1210. The molecule has 3 aromatic rings. The van der Waals surface area contributed by atoms with Crippen LogP contribution in [0.1, 0.15) is 23.3 Å². The van der Waals surface area contributed by atoms with Gasteiger partial charge in [0.05, 0.1) is 24.1 Å². The van der Waals surface area contributed by atoms with Gasteiger partial charge in [-0.15, -0.1) is 11.3 Å². The molecule has 0 radical (unpaired) electrons. The number of hydrogen-bond acceptors (Lipinski definition) is 5. The lowest BCUT2D eigenvalue weighted by molar-refractivity contribution is -0.132. The van der Waals surface area contributed by atoms with Crippen LogP contribution in [0.25, 0.3) is 0 Å². The van der Waals surface area contributed by atoms with E-state index < -0.39 is 28.3 Å². The molecule has 0 aliphatic carbocycles. The maximum absolute atomic E-state index is 13.5. The highest BCUT2D eigenvalue weighted by Crippen LogP contribution is 2.22. The molecule has 6 nitrogen and oxygen atoms in total. The quantitative estimate of drug-likeness (QED) is 0.397. The number of thiophene rings is 1. The molecular weight excluding hydrogens is 494 g/mol. The monoisotopic (exact) mass is 520 g/mol. The molecule has 1 aliphatic heterocycles. The van der Waals surface area contributed by atoms with Crippen molar-refractivity contribution in [2.24, 2.45) is 0 Å². The normalized spacial score (nSPS) is 16.0. The first-order valence-corrected chi connectivity index (χ1v) is 13.5. The van der Waals surface area contributed by atoms with Gasteiger partial charge in [0.2, 0.25) is 15.9 Å². The van der Waals surface area contributed by atoms with Gasteiger partial charge in [0.1, 0.15) is 11.6 Å². The van der Waals surface area contributed by atoms with Gasteiger partial charge in [-0.25, -0.2) is 17.2 Å². The minimum Gasteiger partial charge on any atom is -0.377 e. The third-order valence-corrected chi connectivity index (χ3v) is 8.45. The Morgan fingerprint density at radius 3 is 2.29 bits per heavy atom. The Morgan fingerprint density at radius 2 is 1.69 bits per heavy atom. The third kappa shape index (κ3) is 6.72.